The first kappa shape index (κ1) is 69.1. The molecule has 0 aromatic rings. The summed E-state index contributed by atoms with van der Waals surface area (Å²) in [6.45, 7) is 6.46. The minimum atomic E-state index is -0.804. The van der Waals surface area contributed by atoms with Crippen molar-refractivity contribution in [3.8, 4) is 0 Å². The van der Waals surface area contributed by atoms with E-state index in [0.29, 0.717) is 19.3 Å². The third kappa shape index (κ3) is 58.8. The van der Waals surface area contributed by atoms with E-state index in [2.05, 4.69) is 57.2 Å². The molecular formula is C67H112O6. The predicted octanol–water partition coefficient (Wildman–Crippen LogP) is 20.7. The monoisotopic (exact) mass is 1010 g/mol. The van der Waals surface area contributed by atoms with Gasteiger partial charge in [-0.15, -0.1) is 0 Å². The second kappa shape index (κ2) is 60.6. The summed E-state index contributed by atoms with van der Waals surface area (Å²) in [6, 6.07) is 0. The van der Waals surface area contributed by atoms with E-state index in [9.17, 15) is 14.4 Å². The van der Waals surface area contributed by atoms with Crippen LogP contribution in [0.1, 0.15) is 278 Å². The molecule has 0 aromatic carbocycles. The van der Waals surface area contributed by atoms with Gasteiger partial charge in [-0.05, 0) is 89.9 Å². The van der Waals surface area contributed by atoms with Gasteiger partial charge in [0.25, 0.3) is 0 Å². The lowest BCUT2D eigenvalue weighted by atomic mass is 10.1. The van der Waals surface area contributed by atoms with Gasteiger partial charge in [0.15, 0.2) is 6.10 Å². The van der Waals surface area contributed by atoms with Crippen LogP contribution in [0.5, 0.6) is 0 Å². The van der Waals surface area contributed by atoms with Crippen LogP contribution in [0.25, 0.3) is 0 Å². The van der Waals surface area contributed by atoms with E-state index >= 15 is 0 Å². The number of allylic oxidation sites excluding steroid dienone is 18. The normalized spacial score (nSPS) is 12.9. The molecule has 0 fully saturated rings. The Kier molecular flexibility index (Phi) is 57.4. The van der Waals surface area contributed by atoms with Crippen LogP contribution in [0.3, 0.4) is 0 Å². The van der Waals surface area contributed by atoms with Gasteiger partial charge in [-0.3, -0.25) is 14.4 Å². The van der Waals surface area contributed by atoms with Gasteiger partial charge in [0.2, 0.25) is 0 Å². The topological polar surface area (TPSA) is 78.9 Å². The molecule has 0 aliphatic carbocycles. The van der Waals surface area contributed by atoms with Crippen molar-refractivity contribution in [3.63, 3.8) is 0 Å². The molecule has 0 saturated carbocycles. The third-order valence-electron chi connectivity index (χ3n) is 12.9. The molecule has 0 amide bonds. The summed E-state index contributed by atoms with van der Waals surface area (Å²) < 4.78 is 16.9. The minimum Gasteiger partial charge on any atom is -0.462 e. The van der Waals surface area contributed by atoms with Gasteiger partial charge in [-0.1, -0.05) is 278 Å². The summed E-state index contributed by atoms with van der Waals surface area (Å²) >= 11 is 0. The molecule has 0 bridgehead atoms. The highest BCUT2D eigenvalue weighted by Crippen LogP contribution is 2.15. The fourth-order valence-corrected chi connectivity index (χ4v) is 8.36. The average Bonchev–Trinajstić information content (AvgIpc) is 3.39. The standard InChI is InChI=1S/C67H112O6/c1-4-7-10-13-16-19-22-25-28-31-33-36-39-42-45-48-51-54-57-60-66(69)72-63-64(62-71-65(68)59-56-53-50-47-44-41-38-35-30-27-24-21-18-15-12-9-6-3)73-67(70)61-58-55-52-49-46-43-40-37-34-32-29-26-23-20-17-14-11-8-5-2/h7,10,13,16,19,22,25,27-28,30-34,36,39,42,45,64H,4-6,8-9,11-12,14-15,17-18,20-21,23-24,26,29,35,37-38,40-41,43-44,46-63H2,1-3H3/b10-7-,16-13-,22-19-,28-25-,30-27-,33-31+,34-32-,39-36-,45-42-. The molecule has 0 spiro atoms. The molecule has 6 nitrogen and oxygen atoms in total. The summed E-state index contributed by atoms with van der Waals surface area (Å²) in [5, 5.41) is 0. The van der Waals surface area contributed by atoms with Crippen molar-refractivity contribution < 1.29 is 28.6 Å². The van der Waals surface area contributed by atoms with Gasteiger partial charge in [0.1, 0.15) is 13.2 Å². The molecule has 0 aromatic heterocycles. The van der Waals surface area contributed by atoms with E-state index in [1.807, 2.05) is 72.9 Å². The Labute approximate surface area is 450 Å². The Morgan fingerprint density at radius 2 is 0.548 bits per heavy atom. The van der Waals surface area contributed by atoms with Crippen LogP contribution >= 0.6 is 0 Å². The number of ether oxygens (including phenoxy) is 3. The second-order valence-electron chi connectivity index (χ2n) is 20.1. The van der Waals surface area contributed by atoms with Crippen molar-refractivity contribution in [2.45, 2.75) is 284 Å². The zero-order valence-electron chi connectivity index (χ0n) is 47.6. The van der Waals surface area contributed by atoms with Crippen molar-refractivity contribution in [1.82, 2.24) is 0 Å². The van der Waals surface area contributed by atoms with Gasteiger partial charge in [-0.25, -0.2) is 0 Å². The highest BCUT2D eigenvalue weighted by molar-refractivity contribution is 5.71. The molecule has 0 rings (SSSR count). The van der Waals surface area contributed by atoms with Crippen molar-refractivity contribution in [2.75, 3.05) is 13.2 Å². The molecule has 6 heteroatoms. The van der Waals surface area contributed by atoms with Crippen LogP contribution in [-0.2, 0) is 28.6 Å². The van der Waals surface area contributed by atoms with Crippen molar-refractivity contribution >= 4 is 17.9 Å². The predicted molar refractivity (Wildman–Crippen MR) is 316 cm³/mol. The van der Waals surface area contributed by atoms with E-state index in [1.165, 1.54) is 167 Å². The Morgan fingerprint density at radius 3 is 0.890 bits per heavy atom. The van der Waals surface area contributed by atoms with Crippen LogP contribution in [0.4, 0.5) is 0 Å². The van der Waals surface area contributed by atoms with Gasteiger partial charge in [0, 0.05) is 19.3 Å². The molecule has 416 valence electrons. The summed E-state index contributed by atoms with van der Waals surface area (Å²) in [6.07, 6.45) is 82.2. The number of esters is 3. The maximum Gasteiger partial charge on any atom is 0.306 e. The SMILES string of the molecule is CC\C=C/C=C\C=C/C=C\C=C\C=C/C=C\CCCCCC(=O)OCC(COC(=O)CCCCCCCCC/C=C\CCCCCCCC)OC(=O)CCCCCCCCC/C=C\CCCCCCCCCC. The lowest BCUT2D eigenvalue weighted by molar-refractivity contribution is -0.167. The van der Waals surface area contributed by atoms with E-state index < -0.39 is 6.10 Å². The quantitative estimate of drug-likeness (QED) is 0.0199. The highest BCUT2D eigenvalue weighted by Gasteiger charge is 2.19. The molecule has 0 saturated heterocycles. The van der Waals surface area contributed by atoms with Crippen molar-refractivity contribution in [2.24, 2.45) is 0 Å². The third-order valence-corrected chi connectivity index (χ3v) is 12.9. The van der Waals surface area contributed by atoms with Crippen LogP contribution in [0, 0.1) is 0 Å². The summed E-state index contributed by atoms with van der Waals surface area (Å²) in [5.41, 5.74) is 0. The molecule has 0 radical (unpaired) electrons. The van der Waals surface area contributed by atoms with Crippen molar-refractivity contribution in [3.05, 3.63) is 109 Å². The first-order valence-electron chi connectivity index (χ1n) is 30.5. The van der Waals surface area contributed by atoms with Gasteiger partial charge in [0.05, 0.1) is 0 Å². The molecule has 0 aliphatic heterocycles. The van der Waals surface area contributed by atoms with Crippen LogP contribution < -0.4 is 0 Å². The molecule has 0 heterocycles. The molecule has 1 unspecified atom stereocenters. The molecule has 0 N–H and O–H groups in total. The molecular weight excluding hydrogens is 901 g/mol. The Balaban J connectivity index is 4.50. The summed E-state index contributed by atoms with van der Waals surface area (Å²) in [5.74, 6) is -0.947. The van der Waals surface area contributed by atoms with Gasteiger partial charge in [-0.2, -0.15) is 0 Å². The molecule has 73 heavy (non-hydrogen) atoms. The van der Waals surface area contributed by atoms with Crippen LogP contribution in [0.2, 0.25) is 0 Å². The van der Waals surface area contributed by atoms with E-state index in [1.54, 1.807) is 0 Å². The number of carbonyl (C=O) groups excluding carboxylic acids is 3. The number of rotatable bonds is 54. The number of unbranched alkanes of at least 4 members (excludes halogenated alkanes) is 31. The molecule has 0 aliphatic rings. The lowest BCUT2D eigenvalue weighted by Crippen LogP contribution is -2.30. The number of hydrogen-bond donors (Lipinski definition) is 0. The maximum atomic E-state index is 12.9. The Morgan fingerprint density at radius 1 is 0.288 bits per heavy atom. The summed E-state index contributed by atoms with van der Waals surface area (Å²) in [4.78, 5) is 38.3. The maximum absolute atomic E-state index is 12.9. The zero-order chi connectivity index (χ0) is 52.9. The number of carbonyl (C=O) groups is 3. The fourth-order valence-electron chi connectivity index (χ4n) is 8.36. The Hall–Kier alpha value is -3.93. The van der Waals surface area contributed by atoms with E-state index in [0.717, 1.165) is 70.6 Å². The second-order valence-corrected chi connectivity index (χ2v) is 20.1. The highest BCUT2D eigenvalue weighted by atomic mass is 16.6. The summed E-state index contributed by atoms with van der Waals surface area (Å²) in [7, 11) is 0. The first-order valence-corrected chi connectivity index (χ1v) is 30.5. The smallest absolute Gasteiger partial charge is 0.306 e. The minimum absolute atomic E-state index is 0.0977. The Bertz CT molecular complexity index is 1490. The fraction of sp³-hybridized carbons (Fsp3) is 0.687. The van der Waals surface area contributed by atoms with E-state index in [4.69, 9.17) is 14.2 Å². The zero-order valence-corrected chi connectivity index (χ0v) is 47.6. The van der Waals surface area contributed by atoms with E-state index in [-0.39, 0.29) is 31.1 Å². The molecule has 1 atom stereocenters. The largest absolute Gasteiger partial charge is 0.462 e. The van der Waals surface area contributed by atoms with Crippen LogP contribution in [0.15, 0.2) is 109 Å². The number of hydrogen-bond acceptors (Lipinski definition) is 6. The lowest BCUT2D eigenvalue weighted by Gasteiger charge is -2.18. The average molecular weight is 1010 g/mol. The first-order chi connectivity index (χ1) is 36.0. The van der Waals surface area contributed by atoms with Gasteiger partial charge >= 0.3 is 17.9 Å². The van der Waals surface area contributed by atoms with Gasteiger partial charge < -0.3 is 14.2 Å². The van der Waals surface area contributed by atoms with Crippen molar-refractivity contribution in [1.29, 1.82) is 0 Å². The van der Waals surface area contributed by atoms with Crippen LogP contribution in [-0.4, -0.2) is 37.2 Å².